The SMILES string of the molecule is Cc1cc(F)ccc1/C(=C/c1c([O-])[nH]c2ccccc12)N=NC(N)=S.NC(=S)N=Nc1c([O-])[nH]c2ccccc12.c1cc[c]([Sn+2][c]2ccccc2)cc1. The zero-order valence-electron chi connectivity index (χ0n) is 28.2. The van der Waals surface area contributed by atoms with Gasteiger partial charge >= 0.3 is 89.0 Å². The first kappa shape index (κ1) is 38.5. The Balaban J connectivity index is 0.000000165. The molecule has 2 heterocycles. The second-order valence-corrected chi connectivity index (χ2v) is 16.0. The molecule has 0 amide bonds. The van der Waals surface area contributed by atoms with Crippen molar-refractivity contribution in [1.29, 1.82) is 0 Å². The molecule has 0 atom stereocenters. The zero-order valence-corrected chi connectivity index (χ0v) is 32.6. The Morgan fingerprint density at radius 1 is 0.679 bits per heavy atom. The number of aryl methyl sites for hydroxylation is 1. The molecule has 0 spiro atoms. The van der Waals surface area contributed by atoms with Crippen LogP contribution in [0.25, 0.3) is 33.6 Å². The molecule has 0 radical (unpaired) electrons. The van der Waals surface area contributed by atoms with Crippen LogP contribution in [0.3, 0.4) is 0 Å². The molecule has 2 aromatic heterocycles. The van der Waals surface area contributed by atoms with E-state index in [1.165, 1.54) is 19.3 Å². The molecule has 10 nitrogen and oxygen atoms in total. The van der Waals surface area contributed by atoms with E-state index in [9.17, 15) is 14.6 Å². The van der Waals surface area contributed by atoms with Crippen LogP contribution in [0.5, 0.6) is 11.8 Å². The topological polar surface area (TPSA) is 179 Å². The van der Waals surface area contributed by atoms with Crippen LogP contribution in [0.1, 0.15) is 16.7 Å². The summed E-state index contributed by atoms with van der Waals surface area (Å²) < 4.78 is 16.5. The number of hydrogen-bond donors (Lipinski definition) is 4. The summed E-state index contributed by atoms with van der Waals surface area (Å²) >= 11 is 8.75. The van der Waals surface area contributed by atoms with E-state index >= 15 is 0 Å². The summed E-state index contributed by atoms with van der Waals surface area (Å²) in [6.45, 7) is 1.75. The summed E-state index contributed by atoms with van der Waals surface area (Å²) in [5, 5.41) is 40.0. The molecule has 0 bridgehead atoms. The van der Waals surface area contributed by atoms with Crippen molar-refractivity contribution in [2.24, 2.45) is 31.9 Å². The molecule has 53 heavy (non-hydrogen) atoms. The molecule has 0 aliphatic heterocycles. The van der Waals surface area contributed by atoms with E-state index in [2.05, 4.69) is 103 Å². The van der Waals surface area contributed by atoms with Gasteiger partial charge in [0.25, 0.3) is 0 Å². The average Bonchev–Trinajstić information content (AvgIpc) is 3.64. The second kappa shape index (κ2) is 18.6. The number of nitrogens with zero attached hydrogens (tertiary/aromatic N) is 4. The number of hydrogen-bond acceptors (Lipinski definition) is 6. The van der Waals surface area contributed by atoms with Gasteiger partial charge in [-0.1, -0.05) is 36.4 Å². The van der Waals surface area contributed by atoms with Crippen molar-refractivity contribution in [1.82, 2.24) is 9.97 Å². The van der Waals surface area contributed by atoms with Crippen LogP contribution in [0.4, 0.5) is 10.1 Å². The number of nitrogens with two attached hydrogens (primary N) is 2. The van der Waals surface area contributed by atoms with Crippen molar-refractivity contribution in [3.63, 3.8) is 0 Å². The third-order valence-electron chi connectivity index (χ3n) is 7.44. The Hall–Kier alpha value is -5.77. The van der Waals surface area contributed by atoms with E-state index in [0.29, 0.717) is 27.8 Å². The molecule has 0 unspecified atom stereocenters. The maximum absolute atomic E-state index is 13.4. The number of aromatic amines is 2. The Bertz CT molecular complexity index is 2410. The average molecular weight is 846 g/mol. The van der Waals surface area contributed by atoms with Gasteiger partial charge in [-0.2, -0.15) is 0 Å². The molecule has 0 aliphatic rings. The van der Waals surface area contributed by atoms with Gasteiger partial charge in [0, 0.05) is 27.4 Å². The fourth-order valence-electron chi connectivity index (χ4n) is 5.11. The van der Waals surface area contributed by atoms with Crippen LogP contribution < -0.4 is 28.8 Å². The van der Waals surface area contributed by atoms with E-state index in [4.69, 9.17) is 23.7 Å². The third kappa shape index (κ3) is 10.9. The molecule has 6 N–H and O–H groups in total. The van der Waals surface area contributed by atoms with Gasteiger partial charge < -0.3 is 31.6 Å². The Labute approximate surface area is 325 Å². The predicted molar refractivity (Wildman–Crippen MR) is 215 cm³/mol. The van der Waals surface area contributed by atoms with Crippen LogP contribution >= 0.6 is 24.4 Å². The van der Waals surface area contributed by atoms with Crippen molar-refractivity contribution in [2.75, 3.05) is 0 Å². The summed E-state index contributed by atoms with van der Waals surface area (Å²) in [6, 6.07) is 40.4. The molecule has 14 heteroatoms. The summed E-state index contributed by atoms with van der Waals surface area (Å²) in [6.07, 6.45) is 1.60. The standard InChI is InChI=1S/C18H15FN4OS.C9H8N4OS.2C6H5.Sn/c1-10-8-11(19)6-7-12(10)16(22-23-18(20)25)9-14-13-4-2-3-5-15(13)21-17(14)24;10-9(15)13-12-7-5-3-1-2-4-6(5)11-8(7)14;2*1-2-4-6-5-3-1;/h2-9,21,24H,1H3,(H2,20,25);1-4,11,14H,(H2,10,15);2*1-5H;/q;;;;+2/p-2/b16-9-,23-22?;;;;. The van der Waals surface area contributed by atoms with Gasteiger partial charge in [-0.15, -0.1) is 20.5 Å². The van der Waals surface area contributed by atoms with Gasteiger partial charge in [-0.3, -0.25) is 0 Å². The summed E-state index contributed by atoms with van der Waals surface area (Å²) in [5.74, 6) is -0.899. The van der Waals surface area contributed by atoms with Crippen LogP contribution in [0, 0.1) is 12.7 Å². The van der Waals surface area contributed by atoms with Crippen LogP contribution in [0.2, 0.25) is 0 Å². The van der Waals surface area contributed by atoms with Gasteiger partial charge in [0.05, 0.1) is 5.70 Å². The molecule has 7 aromatic rings. The minimum absolute atomic E-state index is 0.0975. The number of rotatable bonds is 6. The number of para-hydroxylation sites is 2. The van der Waals surface area contributed by atoms with Crippen molar-refractivity contribution >= 4 is 102 Å². The molecule has 7 rings (SSSR count). The van der Waals surface area contributed by atoms with E-state index in [1.54, 1.807) is 31.2 Å². The number of nitrogens with one attached hydrogen (secondary N) is 2. The second-order valence-electron chi connectivity index (χ2n) is 11.2. The molecule has 0 fully saturated rings. The third-order valence-corrected chi connectivity index (χ3v) is 11.2. The van der Waals surface area contributed by atoms with E-state index in [0.717, 1.165) is 16.4 Å². The first-order chi connectivity index (χ1) is 25.6. The minimum atomic E-state index is -0.517. The molecule has 0 saturated heterocycles. The van der Waals surface area contributed by atoms with E-state index in [1.807, 2.05) is 36.4 Å². The first-order valence-corrected chi connectivity index (χ1v) is 19.6. The Morgan fingerprint density at radius 3 is 1.79 bits per heavy atom. The van der Waals surface area contributed by atoms with Crippen molar-refractivity contribution in [2.45, 2.75) is 6.92 Å². The Kier molecular flexibility index (Phi) is 13.5. The summed E-state index contributed by atoms with van der Waals surface area (Å²) in [4.78, 5) is 5.45. The quantitative estimate of drug-likeness (QED) is 0.0813. The van der Waals surface area contributed by atoms with Gasteiger partial charge in [-0.05, 0) is 90.7 Å². The summed E-state index contributed by atoms with van der Waals surface area (Å²) in [7, 11) is 0. The monoisotopic (exact) mass is 846 g/mol. The Morgan fingerprint density at radius 2 is 1.21 bits per heavy atom. The van der Waals surface area contributed by atoms with Gasteiger partial charge in [-0.25, -0.2) is 4.39 Å². The molecule has 0 saturated carbocycles. The number of aromatic nitrogens is 2. The normalized spacial score (nSPS) is 11.2. The van der Waals surface area contributed by atoms with E-state index in [-0.39, 0.29) is 33.5 Å². The number of H-pyrrole nitrogens is 2. The van der Waals surface area contributed by atoms with Gasteiger partial charge in [0.2, 0.25) is 10.2 Å². The van der Waals surface area contributed by atoms with Crippen LogP contribution in [0.15, 0.2) is 148 Å². The van der Waals surface area contributed by atoms with Gasteiger partial charge in [0.15, 0.2) is 0 Å². The number of thiocarbonyl (C=S) groups is 2. The number of azo groups is 2. The zero-order chi connectivity index (χ0) is 37.7. The molecular weight excluding hydrogens is 814 g/mol. The van der Waals surface area contributed by atoms with Crippen LogP contribution in [-0.2, 0) is 0 Å². The van der Waals surface area contributed by atoms with Crippen molar-refractivity contribution < 1.29 is 14.6 Å². The molecule has 5 aromatic carbocycles. The van der Waals surface area contributed by atoms with Crippen molar-refractivity contribution in [3.05, 3.63) is 150 Å². The number of benzene rings is 5. The number of fused-ring (bicyclic) bond motifs is 2. The fraction of sp³-hybridized carbons (Fsp3) is 0.0256. The molecule has 262 valence electrons. The fourth-order valence-corrected chi connectivity index (χ4v) is 8.19. The van der Waals surface area contributed by atoms with Crippen LogP contribution in [-0.4, -0.2) is 41.3 Å². The first-order valence-electron chi connectivity index (χ1n) is 15.9. The molecule has 0 aliphatic carbocycles. The number of halogens is 1. The maximum atomic E-state index is 13.4. The van der Waals surface area contributed by atoms with Gasteiger partial charge in [0.1, 0.15) is 11.5 Å². The summed E-state index contributed by atoms with van der Waals surface area (Å²) in [5.41, 5.74) is 14.3. The predicted octanol–water partition coefficient (Wildman–Crippen LogP) is 6.79. The van der Waals surface area contributed by atoms with E-state index < -0.39 is 21.1 Å². The molecular formula is C39H31FN8O2S2Sn. The van der Waals surface area contributed by atoms with Crippen molar-refractivity contribution in [3.8, 4) is 11.8 Å².